The van der Waals surface area contributed by atoms with Crippen molar-refractivity contribution in [3.05, 3.63) is 170 Å². The van der Waals surface area contributed by atoms with Crippen LogP contribution in [0.3, 0.4) is 0 Å². The number of nitrogens with zero attached hydrogens (tertiary/aromatic N) is 4. The van der Waals surface area contributed by atoms with Gasteiger partial charge in [0.2, 0.25) is 0 Å². The van der Waals surface area contributed by atoms with Crippen LogP contribution >= 0.6 is 11.3 Å². The van der Waals surface area contributed by atoms with Crippen molar-refractivity contribution in [3.8, 4) is 45.4 Å². The van der Waals surface area contributed by atoms with Crippen LogP contribution in [0.5, 0.6) is 0 Å². The van der Waals surface area contributed by atoms with Crippen molar-refractivity contribution in [1.82, 2.24) is 19.9 Å². The second-order valence-corrected chi connectivity index (χ2v) is 14.4. The Hall–Kier alpha value is -6.82. The number of fused-ring (bicyclic) bond motifs is 9. The Morgan fingerprint density at radius 1 is 0.340 bits per heavy atom. The van der Waals surface area contributed by atoms with Crippen molar-refractivity contribution in [2.75, 3.05) is 0 Å². The third kappa shape index (κ3) is 4.90. The van der Waals surface area contributed by atoms with Gasteiger partial charge in [-0.3, -0.25) is 0 Å². The van der Waals surface area contributed by atoms with Crippen molar-refractivity contribution in [2.24, 2.45) is 0 Å². The number of pyridine rings is 1. The summed E-state index contributed by atoms with van der Waals surface area (Å²) in [5.74, 6) is 1.96. The largest absolute Gasteiger partial charge is 0.247 e. The molecule has 53 heavy (non-hydrogen) atoms. The lowest BCUT2D eigenvalue weighted by atomic mass is 9.98. The third-order valence-corrected chi connectivity index (χ3v) is 11.5. The SMILES string of the molecule is c1ccc(-c2nc3ccccc3c3c2ccc2c4cccc(-c5nc(-c6ccc7ccccc7c6)nc(-c6ccc7ccccc7c6)n5)c4sc23)cc1. The molecule has 0 saturated carbocycles. The van der Waals surface area contributed by atoms with Crippen molar-refractivity contribution in [2.45, 2.75) is 0 Å². The summed E-state index contributed by atoms with van der Waals surface area (Å²) in [5, 5.41) is 10.6. The predicted octanol–water partition coefficient (Wildman–Crippen LogP) is 12.9. The molecule has 3 aromatic heterocycles. The van der Waals surface area contributed by atoms with Crippen molar-refractivity contribution < 1.29 is 0 Å². The highest BCUT2D eigenvalue weighted by Crippen LogP contribution is 2.45. The van der Waals surface area contributed by atoms with Gasteiger partial charge >= 0.3 is 0 Å². The first-order valence-corrected chi connectivity index (χ1v) is 18.5. The lowest BCUT2D eigenvalue weighted by molar-refractivity contribution is 1.08. The second-order valence-electron chi connectivity index (χ2n) is 13.4. The molecular weight excluding hydrogens is 665 g/mol. The van der Waals surface area contributed by atoms with Crippen molar-refractivity contribution >= 4 is 74.7 Å². The molecule has 0 aliphatic heterocycles. The normalized spacial score (nSPS) is 11.8. The van der Waals surface area contributed by atoms with E-state index in [1.54, 1.807) is 0 Å². The molecule has 0 unspecified atom stereocenters. The standard InChI is InChI=1S/C48H28N4S/c1-2-13-31(14-3-1)43-39-26-25-37-36-18-10-19-40(44(36)53-45(37)42(39)38-17-8-9-20-41(38)49-43)48-51-46(34-23-21-29-11-4-6-15-32(29)27-34)50-47(52-48)35-24-22-30-12-5-7-16-33(30)28-35/h1-28H. The van der Waals surface area contributed by atoms with Crippen LogP contribution in [-0.4, -0.2) is 19.9 Å². The quantitative estimate of drug-likeness (QED) is 0.172. The Bertz CT molecular complexity index is 3140. The molecule has 0 aliphatic rings. The van der Waals surface area contributed by atoms with E-state index in [2.05, 4.69) is 170 Å². The van der Waals surface area contributed by atoms with Gasteiger partial charge in [-0.15, -0.1) is 11.3 Å². The van der Waals surface area contributed by atoms with Crippen LogP contribution < -0.4 is 0 Å². The zero-order valence-corrected chi connectivity index (χ0v) is 29.2. The van der Waals surface area contributed by atoms with Crippen LogP contribution in [0.1, 0.15) is 0 Å². The van der Waals surface area contributed by atoms with E-state index in [1.807, 2.05) is 11.3 Å². The molecule has 246 valence electrons. The fourth-order valence-electron chi connectivity index (χ4n) is 7.69. The van der Waals surface area contributed by atoms with E-state index in [9.17, 15) is 0 Å². The van der Waals surface area contributed by atoms with E-state index in [4.69, 9.17) is 19.9 Å². The second kappa shape index (κ2) is 11.9. The topological polar surface area (TPSA) is 51.6 Å². The lowest BCUT2D eigenvalue weighted by Gasteiger charge is -2.11. The fraction of sp³-hybridized carbons (Fsp3) is 0. The maximum atomic E-state index is 5.23. The zero-order chi connectivity index (χ0) is 34.9. The minimum absolute atomic E-state index is 0.650. The summed E-state index contributed by atoms with van der Waals surface area (Å²) in [4.78, 5) is 20.8. The predicted molar refractivity (Wildman–Crippen MR) is 222 cm³/mol. The van der Waals surface area contributed by atoms with Gasteiger partial charge in [-0.1, -0.05) is 146 Å². The first kappa shape index (κ1) is 29.9. The van der Waals surface area contributed by atoms with Gasteiger partial charge in [-0.25, -0.2) is 19.9 Å². The van der Waals surface area contributed by atoms with Gasteiger partial charge in [0, 0.05) is 58.6 Å². The highest BCUT2D eigenvalue weighted by Gasteiger charge is 2.20. The highest BCUT2D eigenvalue weighted by atomic mass is 32.1. The van der Waals surface area contributed by atoms with E-state index in [0.29, 0.717) is 17.5 Å². The van der Waals surface area contributed by atoms with Crippen LogP contribution in [0.25, 0.3) is 109 Å². The molecule has 0 N–H and O–H groups in total. The average molecular weight is 693 g/mol. The molecule has 0 bridgehead atoms. The number of hydrogen-bond acceptors (Lipinski definition) is 5. The summed E-state index contributed by atoms with van der Waals surface area (Å²) < 4.78 is 2.39. The van der Waals surface area contributed by atoms with Crippen molar-refractivity contribution in [3.63, 3.8) is 0 Å². The summed E-state index contributed by atoms with van der Waals surface area (Å²) >= 11 is 1.81. The van der Waals surface area contributed by atoms with Gasteiger partial charge < -0.3 is 0 Å². The molecule has 8 aromatic carbocycles. The van der Waals surface area contributed by atoms with Gasteiger partial charge in [0.25, 0.3) is 0 Å². The molecular formula is C48H28N4S. The number of thiophene rings is 1. The Morgan fingerprint density at radius 3 is 1.62 bits per heavy atom. The molecule has 11 aromatic rings. The zero-order valence-electron chi connectivity index (χ0n) is 28.4. The first-order valence-electron chi connectivity index (χ1n) is 17.7. The molecule has 0 atom stereocenters. The van der Waals surface area contributed by atoms with Gasteiger partial charge in [-0.05, 0) is 45.8 Å². The van der Waals surface area contributed by atoms with E-state index in [-0.39, 0.29) is 0 Å². The molecule has 0 aliphatic carbocycles. The van der Waals surface area contributed by atoms with Crippen LogP contribution in [0.2, 0.25) is 0 Å². The Morgan fingerprint density at radius 2 is 0.906 bits per heavy atom. The van der Waals surface area contributed by atoms with Gasteiger partial charge in [0.05, 0.1) is 11.2 Å². The van der Waals surface area contributed by atoms with Gasteiger partial charge in [-0.2, -0.15) is 0 Å². The molecule has 0 saturated heterocycles. The van der Waals surface area contributed by atoms with E-state index in [0.717, 1.165) is 59.7 Å². The van der Waals surface area contributed by atoms with Gasteiger partial charge in [0.1, 0.15) is 0 Å². The highest BCUT2D eigenvalue weighted by molar-refractivity contribution is 7.27. The van der Waals surface area contributed by atoms with Crippen molar-refractivity contribution in [1.29, 1.82) is 0 Å². The minimum Gasteiger partial charge on any atom is -0.247 e. The maximum absolute atomic E-state index is 5.23. The average Bonchev–Trinajstić information content (AvgIpc) is 3.62. The van der Waals surface area contributed by atoms with Crippen LogP contribution in [0, 0.1) is 0 Å². The summed E-state index contributed by atoms with van der Waals surface area (Å²) in [6, 6.07) is 59.7. The summed E-state index contributed by atoms with van der Waals surface area (Å²) in [5.41, 5.74) is 5.99. The number of para-hydroxylation sites is 1. The number of hydrogen-bond donors (Lipinski definition) is 0. The smallest absolute Gasteiger partial charge is 0.165 e. The maximum Gasteiger partial charge on any atom is 0.165 e. The van der Waals surface area contributed by atoms with Crippen LogP contribution in [-0.2, 0) is 0 Å². The minimum atomic E-state index is 0.650. The summed E-state index contributed by atoms with van der Waals surface area (Å²) in [6.45, 7) is 0. The molecule has 4 nitrogen and oxygen atoms in total. The summed E-state index contributed by atoms with van der Waals surface area (Å²) in [7, 11) is 0. The molecule has 5 heteroatoms. The Kier molecular flexibility index (Phi) is 6.69. The molecule has 3 heterocycles. The lowest BCUT2D eigenvalue weighted by Crippen LogP contribution is -2.00. The molecule has 0 fully saturated rings. The number of rotatable bonds is 4. The van der Waals surface area contributed by atoms with E-state index >= 15 is 0 Å². The Labute approximate surface area is 308 Å². The number of aromatic nitrogens is 4. The molecule has 0 spiro atoms. The number of benzene rings is 8. The summed E-state index contributed by atoms with van der Waals surface area (Å²) in [6.07, 6.45) is 0. The molecule has 0 amide bonds. The first-order chi connectivity index (χ1) is 26.2. The Balaban J connectivity index is 1.18. The van der Waals surface area contributed by atoms with Crippen LogP contribution in [0.4, 0.5) is 0 Å². The fourth-order valence-corrected chi connectivity index (χ4v) is 9.06. The third-order valence-electron chi connectivity index (χ3n) is 10.3. The van der Waals surface area contributed by atoms with E-state index < -0.39 is 0 Å². The van der Waals surface area contributed by atoms with Crippen LogP contribution in [0.15, 0.2) is 170 Å². The van der Waals surface area contributed by atoms with E-state index in [1.165, 1.54) is 31.6 Å². The molecule has 11 rings (SSSR count). The molecule has 0 radical (unpaired) electrons. The monoisotopic (exact) mass is 692 g/mol. The van der Waals surface area contributed by atoms with Gasteiger partial charge in [0.15, 0.2) is 17.5 Å².